The van der Waals surface area contributed by atoms with Crippen molar-refractivity contribution in [3.8, 4) is 0 Å². The summed E-state index contributed by atoms with van der Waals surface area (Å²) in [7, 11) is -3.92. The van der Waals surface area contributed by atoms with Crippen molar-refractivity contribution < 1.29 is 22.7 Å². The topological polar surface area (TPSA) is 102 Å². The van der Waals surface area contributed by atoms with E-state index in [9.17, 15) is 18.0 Å². The van der Waals surface area contributed by atoms with Gasteiger partial charge in [0.15, 0.2) is 6.10 Å². The van der Waals surface area contributed by atoms with Crippen LogP contribution < -0.4 is 10.0 Å². The van der Waals surface area contributed by atoms with Gasteiger partial charge in [-0.2, -0.15) is 16.5 Å². The summed E-state index contributed by atoms with van der Waals surface area (Å²) in [6, 6.07) is 19.8. The van der Waals surface area contributed by atoms with Crippen LogP contribution in [0, 0.1) is 0 Å². The molecule has 7 nitrogen and oxygen atoms in total. The van der Waals surface area contributed by atoms with Gasteiger partial charge in [0.1, 0.15) is 6.04 Å². The fraction of sp³-hybridized carbons (Fsp3) is 0.250. The number of carbonyl (C=O) groups excluding carboxylic acids is 2. The predicted octanol–water partition coefficient (Wildman–Crippen LogP) is 3.81. The molecule has 0 aromatic heterocycles. The van der Waals surface area contributed by atoms with Crippen molar-refractivity contribution in [2.24, 2.45) is 0 Å². The van der Waals surface area contributed by atoms with Crippen LogP contribution in [-0.4, -0.2) is 44.4 Å². The molecule has 0 saturated carbocycles. The summed E-state index contributed by atoms with van der Waals surface area (Å²) in [6.07, 6.45) is 0.965. The first-order valence-corrected chi connectivity index (χ1v) is 13.2. The minimum absolute atomic E-state index is 0.0497. The molecule has 0 aliphatic rings. The molecule has 2 N–H and O–H groups in total. The van der Waals surface area contributed by atoms with Gasteiger partial charge in [-0.1, -0.05) is 54.6 Å². The van der Waals surface area contributed by atoms with E-state index in [0.717, 1.165) is 10.8 Å². The maximum atomic E-state index is 12.8. The van der Waals surface area contributed by atoms with Gasteiger partial charge in [0.2, 0.25) is 10.0 Å². The van der Waals surface area contributed by atoms with E-state index < -0.39 is 34.0 Å². The van der Waals surface area contributed by atoms with Crippen LogP contribution in [0.4, 0.5) is 5.69 Å². The van der Waals surface area contributed by atoms with Crippen LogP contribution >= 0.6 is 11.8 Å². The molecule has 0 radical (unpaired) electrons. The second-order valence-corrected chi connectivity index (χ2v) is 10.1. The maximum absolute atomic E-state index is 12.8. The van der Waals surface area contributed by atoms with Gasteiger partial charge in [0.25, 0.3) is 5.91 Å². The van der Waals surface area contributed by atoms with Crippen LogP contribution in [0.5, 0.6) is 0 Å². The summed E-state index contributed by atoms with van der Waals surface area (Å²) in [5.41, 5.74) is 0.602. The Bertz CT molecular complexity index is 1210. The van der Waals surface area contributed by atoms with Crippen LogP contribution in [0.15, 0.2) is 77.7 Å². The molecular weight excluding hydrogens is 460 g/mol. The number of hydrogen-bond donors (Lipinski definition) is 2. The van der Waals surface area contributed by atoms with Crippen LogP contribution in [0.1, 0.15) is 13.3 Å². The monoisotopic (exact) mass is 486 g/mol. The second-order valence-electron chi connectivity index (χ2n) is 7.36. The SMILES string of the molecule is CSCCC(NS(=O)(=O)c1ccccc1)C(=O)OC(C)C(=O)Nc1cccc2ccccc12. The largest absolute Gasteiger partial charge is 0.451 e. The number of nitrogens with one attached hydrogen (secondary N) is 2. The van der Waals surface area contributed by atoms with Crippen LogP contribution in [0.3, 0.4) is 0 Å². The summed E-state index contributed by atoms with van der Waals surface area (Å²) < 4.78 is 33.1. The van der Waals surface area contributed by atoms with Crippen LogP contribution in [0.25, 0.3) is 10.8 Å². The third kappa shape index (κ3) is 6.56. The maximum Gasteiger partial charge on any atom is 0.324 e. The third-order valence-corrected chi connectivity index (χ3v) is 7.09. The van der Waals surface area contributed by atoms with Gasteiger partial charge in [-0.25, -0.2) is 8.42 Å². The number of amides is 1. The Morgan fingerprint density at radius 1 is 0.970 bits per heavy atom. The number of thioether (sulfide) groups is 1. The molecule has 0 spiro atoms. The highest BCUT2D eigenvalue weighted by molar-refractivity contribution is 7.98. The van der Waals surface area contributed by atoms with E-state index in [1.807, 2.05) is 42.7 Å². The molecule has 9 heteroatoms. The lowest BCUT2D eigenvalue weighted by Crippen LogP contribution is -2.44. The molecular formula is C24H26N2O5S2. The minimum atomic E-state index is -3.92. The number of ether oxygens (including phenoxy) is 1. The first-order valence-electron chi connectivity index (χ1n) is 10.4. The molecule has 0 bridgehead atoms. The first-order chi connectivity index (χ1) is 15.8. The highest BCUT2D eigenvalue weighted by Gasteiger charge is 2.29. The van der Waals surface area contributed by atoms with Gasteiger partial charge in [-0.05, 0) is 48.9 Å². The predicted molar refractivity (Wildman–Crippen MR) is 132 cm³/mol. The Morgan fingerprint density at radius 3 is 2.36 bits per heavy atom. The highest BCUT2D eigenvalue weighted by Crippen LogP contribution is 2.23. The summed E-state index contributed by atoms with van der Waals surface area (Å²) in [6.45, 7) is 1.45. The molecule has 0 aliphatic heterocycles. The second kappa shape index (κ2) is 11.3. The Kier molecular flexibility index (Phi) is 8.49. The Labute approximate surface area is 198 Å². The van der Waals surface area contributed by atoms with Gasteiger partial charge in [-0.15, -0.1) is 0 Å². The van der Waals surface area contributed by atoms with Crippen LogP contribution in [0.2, 0.25) is 0 Å². The summed E-state index contributed by atoms with van der Waals surface area (Å²) in [5, 5.41) is 4.61. The lowest BCUT2D eigenvalue weighted by Gasteiger charge is -2.20. The molecule has 174 valence electrons. The molecule has 3 aromatic carbocycles. The molecule has 0 heterocycles. The lowest BCUT2D eigenvalue weighted by molar-refractivity contribution is -0.154. The molecule has 3 rings (SSSR count). The van der Waals surface area contributed by atoms with Crippen molar-refractivity contribution in [1.29, 1.82) is 0 Å². The van der Waals surface area contributed by atoms with E-state index in [1.54, 1.807) is 24.3 Å². The van der Waals surface area contributed by atoms with E-state index in [-0.39, 0.29) is 11.3 Å². The number of benzene rings is 3. The van der Waals surface area contributed by atoms with Gasteiger partial charge in [-0.3, -0.25) is 9.59 Å². The minimum Gasteiger partial charge on any atom is -0.451 e. The van der Waals surface area contributed by atoms with E-state index in [4.69, 9.17) is 4.74 Å². The average molecular weight is 487 g/mol. The molecule has 2 atom stereocenters. The van der Waals surface area contributed by atoms with Crippen molar-refractivity contribution in [2.45, 2.75) is 30.4 Å². The van der Waals surface area contributed by atoms with E-state index in [2.05, 4.69) is 10.0 Å². The molecule has 1 amide bonds. The number of carbonyl (C=O) groups is 2. The van der Waals surface area contributed by atoms with Gasteiger partial charge >= 0.3 is 5.97 Å². The quantitative estimate of drug-likeness (QED) is 0.423. The molecule has 0 fully saturated rings. The Morgan fingerprint density at radius 2 is 1.64 bits per heavy atom. The van der Waals surface area contributed by atoms with Crippen LogP contribution in [-0.2, 0) is 24.3 Å². The van der Waals surface area contributed by atoms with E-state index >= 15 is 0 Å². The molecule has 3 aromatic rings. The third-order valence-electron chi connectivity index (χ3n) is 4.96. The molecule has 0 saturated heterocycles. The van der Waals surface area contributed by atoms with Crippen molar-refractivity contribution in [3.63, 3.8) is 0 Å². The van der Waals surface area contributed by atoms with Gasteiger partial charge in [0, 0.05) is 11.1 Å². The number of rotatable bonds is 10. The molecule has 33 heavy (non-hydrogen) atoms. The van der Waals surface area contributed by atoms with Gasteiger partial charge in [0.05, 0.1) is 4.90 Å². The van der Waals surface area contributed by atoms with Crippen molar-refractivity contribution in [3.05, 3.63) is 72.8 Å². The van der Waals surface area contributed by atoms with Crippen molar-refractivity contribution in [2.75, 3.05) is 17.3 Å². The Hall–Kier alpha value is -2.88. The number of esters is 1. The summed E-state index contributed by atoms with van der Waals surface area (Å²) >= 11 is 1.48. The first kappa shape index (κ1) is 24.8. The van der Waals surface area contributed by atoms with E-state index in [1.165, 1.54) is 30.8 Å². The van der Waals surface area contributed by atoms with Crippen molar-refractivity contribution >= 4 is 50.1 Å². The smallest absolute Gasteiger partial charge is 0.324 e. The van der Waals surface area contributed by atoms with Crippen molar-refractivity contribution in [1.82, 2.24) is 4.72 Å². The zero-order valence-corrected chi connectivity index (χ0v) is 20.0. The Balaban J connectivity index is 1.69. The summed E-state index contributed by atoms with van der Waals surface area (Å²) in [5.74, 6) is -0.772. The average Bonchev–Trinajstić information content (AvgIpc) is 2.82. The standard InChI is InChI=1S/C24H26N2O5S2/c1-17(23(27)25-21-14-8-10-18-9-6-7-13-20(18)21)31-24(28)22(15-16-32-2)26-33(29,30)19-11-4-3-5-12-19/h3-14,17,22,26H,15-16H2,1-2H3,(H,25,27). The zero-order chi connectivity index (χ0) is 23.8. The van der Waals surface area contributed by atoms with E-state index in [0.29, 0.717) is 11.4 Å². The fourth-order valence-corrected chi connectivity index (χ4v) is 4.91. The molecule has 0 aliphatic carbocycles. The number of fused-ring (bicyclic) bond motifs is 1. The number of anilines is 1. The lowest BCUT2D eigenvalue weighted by atomic mass is 10.1. The number of hydrogen-bond acceptors (Lipinski definition) is 6. The van der Waals surface area contributed by atoms with Gasteiger partial charge < -0.3 is 10.1 Å². The zero-order valence-electron chi connectivity index (χ0n) is 18.4. The highest BCUT2D eigenvalue weighted by atomic mass is 32.2. The normalized spacial score (nSPS) is 13.3. The number of sulfonamides is 1. The molecule has 2 unspecified atom stereocenters. The summed E-state index contributed by atoms with van der Waals surface area (Å²) in [4.78, 5) is 25.6. The fourth-order valence-electron chi connectivity index (χ4n) is 3.19.